The summed E-state index contributed by atoms with van der Waals surface area (Å²) in [4.78, 5) is 14.1. The number of ether oxygens (including phenoxy) is 1. The van der Waals surface area contributed by atoms with Crippen LogP contribution >= 0.6 is 0 Å². The van der Waals surface area contributed by atoms with Crippen molar-refractivity contribution in [2.45, 2.75) is 25.2 Å². The zero-order chi connectivity index (χ0) is 16.8. The predicted octanol–water partition coefficient (Wildman–Crippen LogP) is 3.53. The van der Waals surface area contributed by atoms with Crippen LogP contribution in [-0.4, -0.2) is 31.4 Å². The number of hydrogen-bond acceptors (Lipinski definition) is 3. The lowest BCUT2D eigenvalue weighted by Gasteiger charge is -2.36. The van der Waals surface area contributed by atoms with E-state index in [-0.39, 0.29) is 13.2 Å². The van der Waals surface area contributed by atoms with Gasteiger partial charge in [-0.15, -0.1) is 0 Å². The molecule has 1 N–H and O–H groups in total. The summed E-state index contributed by atoms with van der Waals surface area (Å²) < 4.78 is 19.8. The van der Waals surface area contributed by atoms with Crippen LogP contribution < -0.4 is 10.2 Å². The summed E-state index contributed by atoms with van der Waals surface area (Å²) in [6.45, 7) is 1.10. The lowest BCUT2D eigenvalue weighted by molar-refractivity contribution is 0.135. The molecule has 1 amide bonds. The monoisotopic (exact) mass is 328 g/mol. The molecular formula is C19H21FN2O2. The van der Waals surface area contributed by atoms with Gasteiger partial charge < -0.3 is 10.1 Å². The molecule has 4 nitrogen and oxygen atoms in total. The molecule has 1 fully saturated rings. The minimum atomic E-state index is -1.12. The second kappa shape index (κ2) is 7.93. The molecule has 5 heteroatoms. The van der Waals surface area contributed by atoms with E-state index < -0.39 is 18.3 Å². The number of hydrogen-bond donors (Lipinski definition) is 1. The molecule has 2 aromatic carbocycles. The Morgan fingerprint density at radius 3 is 2.46 bits per heavy atom. The predicted molar refractivity (Wildman–Crippen MR) is 91.7 cm³/mol. The van der Waals surface area contributed by atoms with Crippen LogP contribution in [0.1, 0.15) is 12.0 Å². The molecule has 1 aliphatic heterocycles. The summed E-state index contributed by atoms with van der Waals surface area (Å²) in [5.41, 5.74) is 1.56. The standard InChI is InChI=1S/C19H21FN2O2/c20-17-13-21-12-11-18(17)22(16-9-5-2-6-10-16)19(23)24-14-15-7-3-1-4-8-15/h1-10,17-18,21H,11-14H2. The van der Waals surface area contributed by atoms with Gasteiger partial charge in [0.25, 0.3) is 0 Å². The number of alkyl halides is 1. The van der Waals surface area contributed by atoms with Crippen LogP contribution in [-0.2, 0) is 11.3 Å². The van der Waals surface area contributed by atoms with Crippen LogP contribution in [0.4, 0.5) is 14.9 Å². The highest BCUT2D eigenvalue weighted by molar-refractivity contribution is 5.88. The molecule has 1 heterocycles. The van der Waals surface area contributed by atoms with Gasteiger partial charge in [0.2, 0.25) is 0 Å². The first-order valence-electron chi connectivity index (χ1n) is 8.15. The van der Waals surface area contributed by atoms with Crippen molar-refractivity contribution in [1.82, 2.24) is 5.32 Å². The second-order valence-corrected chi connectivity index (χ2v) is 5.82. The van der Waals surface area contributed by atoms with Gasteiger partial charge in [0.05, 0.1) is 6.04 Å². The van der Waals surface area contributed by atoms with E-state index in [4.69, 9.17) is 4.74 Å². The van der Waals surface area contributed by atoms with E-state index in [0.29, 0.717) is 18.7 Å². The normalized spacial score (nSPS) is 20.4. The van der Waals surface area contributed by atoms with Crippen molar-refractivity contribution < 1.29 is 13.9 Å². The quantitative estimate of drug-likeness (QED) is 0.933. The molecule has 126 valence electrons. The number of benzene rings is 2. The zero-order valence-electron chi connectivity index (χ0n) is 13.4. The highest BCUT2D eigenvalue weighted by atomic mass is 19.1. The Morgan fingerprint density at radius 1 is 1.12 bits per heavy atom. The Bertz CT molecular complexity index is 651. The van der Waals surface area contributed by atoms with Crippen LogP contribution in [0.15, 0.2) is 60.7 Å². The molecule has 0 radical (unpaired) electrons. The number of nitrogens with zero attached hydrogens (tertiary/aromatic N) is 1. The topological polar surface area (TPSA) is 41.6 Å². The van der Waals surface area contributed by atoms with Gasteiger partial charge in [0.1, 0.15) is 12.8 Å². The zero-order valence-corrected chi connectivity index (χ0v) is 13.4. The van der Waals surface area contributed by atoms with Crippen LogP contribution in [0, 0.1) is 0 Å². The van der Waals surface area contributed by atoms with Crippen molar-refractivity contribution in [1.29, 1.82) is 0 Å². The second-order valence-electron chi connectivity index (χ2n) is 5.82. The lowest BCUT2D eigenvalue weighted by atomic mass is 10.0. The minimum absolute atomic E-state index is 0.172. The number of para-hydroxylation sites is 1. The van der Waals surface area contributed by atoms with Crippen molar-refractivity contribution in [3.63, 3.8) is 0 Å². The van der Waals surface area contributed by atoms with Crippen molar-refractivity contribution >= 4 is 11.8 Å². The molecule has 2 aromatic rings. The Hall–Kier alpha value is -2.40. The van der Waals surface area contributed by atoms with Gasteiger partial charge in [-0.3, -0.25) is 4.90 Å². The van der Waals surface area contributed by atoms with Gasteiger partial charge in [-0.1, -0.05) is 48.5 Å². The molecule has 1 saturated heterocycles. The number of carbonyl (C=O) groups is 1. The van der Waals surface area contributed by atoms with E-state index in [2.05, 4.69) is 5.32 Å². The van der Waals surface area contributed by atoms with Crippen molar-refractivity contribution in [2.24, 2.45) is 0 Å². The number of nitrogens with one attached hydrogen (secondary N) is 1. The molecule has 2 unspecified atom stereocenters. The van der Waals surface area contributed by atoms with Crippen LogP contribution in [0.3, 0.4) is 0 Å². The summed E-state index contributed by atoms with van der Waals surface area (Å²) in [6.07, 6.45) is -1.08. The lowest BCUT2D eigenvalue weighted by Crippen LogP contribution is -2.53. The van der Waals surface area contributed by atoms with E-state index in [1.807, 2.05) is 48.5 Å². The molecule has 1 aliphatic rings. The number of carbonyl (C=O) groups excluding carboxylic acids is 1. The van der Waals surface area contributed by atoms with Gasteiger partial charge in [0.15, 0.2) is 0 Å². The molecule has 0 saturated carbocycles. The van der Waals surface area contributed by atoms with Crippen LogP contribution in [0.2, 0.25) is 0 Å². The molecule has 3 rings (SSSR count). The average molecular weight is 328 g/mol. The molecule has 2 atom stereocenters. The van der Waals surface area contributed by atoms with E-state index >= 15 is 0 Å². The van der Waals surface area contributed by atoms with Crippen molar-refractivity contribution in [2.75, 3.05) is 18.0 Å². The number of rotatable bonds is 4. The van der Waals surface area contributed by atoms with Gasteiger partial charge in [-0.2, -0.15) is 0 Å². The molecule has 0 aromatic heterocycles. The maximum Gasteiger partial charge on any atom is 0.414 e. The average Bonchev–Trinajstić information content (AvgIpc) is 2.64. The maximum atomic E-state index is 14.4. The van der Waals surface area contributed by atoms with E-state index in [0.717, 1.165) is 5.56 Å². The fourth-order valence-corrected chi connectivity index (χ4v) is 2.91. The third-order valence-electron chi connectivity index (χ3n) is 4.14. The van der Waals surface area contributed by atoms with Crippen molar-refractivity contribution in [3.05, 3.63) is 66.2 Å². The van der Waals surface area contributed by atoms with E-state index in [9.17, 15) is 9.18 Å². The van der Waals surface area contributed by atoms with E-state index in [1.165, 1.54) is 4.90 Å². The maximum absolute atomic E-state index is 14.4. The smallest absolute Gasteiger partial charge is 0.414 e. The number of halogens is 1. The summed E-state index contributed by atoms with van der Waals surface area (Å²) >= 11 is 0. The van der Waals surface area contributed by atoms with Gasteiger partial charge >= 0.3 is 6.09 Å². The summed E-state index contributed by atoms with van der Waals surface area (Å²) in [5.74, 6) is 0. The number of piperidine rings is 1. The first-order chi connectivity index (χ1) is 11.8. The highest BCUT2D eigenvalue weighted by Crippen LogP contribution is 2.24. The van der Waals surface area contributed by atoms with Gasteiger partial charge in [-0.25, -0.2) is 9.18 Å². The fourth-order valence-electron chi connectivity index (χ4n) is 2.91. The Kier molecular flexibility index (Phi) is 5.43. The minimum Gasteiger partial charge on any atom is -0.444 e. The third kappa shape index (κ3) is 3.92. The number of anilines is 1. The molecule has 0 bridgehead atoms. The number of amides is 1. The summed E-state index contributed by atoms with van der Waals surface area (Å²) in [5, 5.41) is 3.01. The molecule has 24 heavy (non-hydrogen) atoms. The Labute approximate surface area is 141 Å². The fraction of sp³-hybridized carbons (Fsp3) is 0.316. The van der Waals surface area contributed by atoms with Gasteiger partial charge in [0, 0.05) is 12.2 Å². The van der Waals surface area contributed by atoms with Crippen molar-refractivity contribution in [3.8, 4) is 0 Å². The summed E-state index contributed by atoms with van der Waals surface area (Å²) in [6, 6.07) is 18.1. The largest absolute Gasteiger partial charge is 0.444 e. The Morgan fingerprint density at radius 2 is 1.79 bits per heavy atom. The molecular weight excluding hydrogens is 307 g/mol. The highest BCUT2D eigenvalue weighted by Gasteiger charge is 2.35. The Balaban J connectivity index is 1.77. The first-order valence-corrected chi connectivity index (χ1v) is 8.15. The van der Waals surface area contributed by atoms with Gasteiger partial charge in [-0.05, 0) is 30.7 Å². The molecule has 0 spiro atoms. The van der Waals surface area contributed by atoms with Crippen LogP contribution in [0.5, 0.6) is 0 Å². The first kappa shape index (κ1) is 16.5. The SMILES string of the molecule is O=C(OCc1ccccc1)N(c1ccccc1)C1CCNCC1F. The third-order valence-corrected chi connectivity index (χ3v) is 4.14. The van der Waals surface area contributed by atoms with E-state index in [1.54, 1.807) is 12.1 Å². The molecule has 0 aliphatic carbocycles. The van der Waals surface area contributed by atoms with Crippen LogP contribution in [0.25, 0.3) is 0 Å². The summed E-state index contributed by atoms with van der Waals surface area (Å²) in [7, 11) is 0.